The third-order valence-corrected chi connectivity index (χ3v) is 5.84. The van der Waals surface area contributed by atoms with Crippen LogP contribution in [0.1, 0.15) is 30.6 Å². The maximum Gasteiger partial charge on any atom is 0.209 e. The summed E-state index contributed by atoms with van der Waals surface area (Å²) in [5.41, 5.74) is 0. The Labute approximate surface area is 133 Å². The van der Waals surface area contributed by atoms with Gasteiger partial charge in [-0.05, 0) is 54.7 Å². The summed E-state index contributed by atoms with van der Waals surface area (Å²) in [5.74, 6) is 1.08. The second-order valence-electron chi connectivity index (χ2n) is 5.47. The SMILES string of the molecule is CN1CCCCC1CCSc1nnnn1Cc1cccs1. The Morgan fingerprint density at radius 1 is 1.43 bits per heavy atom. The number of hydrogen-bond donors (Lipinski definition) is 0. The van der Waals surface area contributed by atoms with Crippen LogP contribution < -0.4 is 0 Å². The molecule has 1 unspecified atom stereocenters. The number of piperidine rings is 1. The molecule has 2 aromatic heterocycles. The van der Waals surface area contributed by atoms with Crippen molar-refractivity contribution >= 4 is 23.1 Å². The first-order chi connectivity index (χ1) is 10.3. The number of thiophene rings is 1. The Morgan fingerprint density at radius 3 is 3.19 bits per heavy atom. The van der Waals surface area contributed by atoms with Crippen molar-refractivity contribution in [1.29, 1.82) is 0 Å². The van der Waals surface area contributed by atoms with E-state index < -0.39 is 0 Å². The fourth-order valence-corrected chi connectivity index (χ4v) is 4.35. The molecule has 7 heteroatoms. The number of thioether (sulfide) groups is 1. The zero-order chi connectivity index (χ0) is 14.5. The molecule has 2 aromatic rings. The summed E-state index contributed by atoms with van der Waals surface area (Å²) < 4.78 is 1.90. The van der Waals surface area contributed by atoms with Crippen molar-refractivity contribution in [1.82, 2.24) is 25.1 Å². The minimum Gasteiger partial charge on any atom is -0.303 e. The number of aromatic nitrogens is 4. The van der Waals surface area contributed by atoms with Crippen LogP contribution in [0.3, 0.4) is 0 Å². The highest BCUT2D eigenvalue weighted by molar-refractivity contribution is 7.99. The Kier molecular flexibility index (Phi) is 5.27. The lowest BCUT2D eigenvalue weighted by atomic mass is 10.0. The van der Waals surface area contributed by atoms with E-state index in [1.807, 2.05) is 4.68 Å². The molecule has 0 spiro atoms. The average Bonchev–Trinajstić information content (AvgIpc) is 3.14. The van der Waals surface area contributed by atoms with Gasteiger partial charge in [-0.2, -0.15) is 0 Å². The van der Waals surface area contributed by atoms with E-state index in [1.165, 1.54) is 37.1 Å². The summed E-state index contributed by atoms with van der Waals surface area (Å²) in [4.78, 5) is 3.79. The lowest BCUT2D eigenvalue weighted by molar-refractivity contribution is 0.182. The highest BCUT2D eigenvalue weighted by Gasteiger charge is 2.19. The quantitative estimate of drug-likeness (QED) is 0.765. The molecule has 3 rings (SSSR count). The lowest BCUT2D eigenvalue weighted by Crippen LogP contribution is -2.36. The Balaban J connectivity index is 1.50. The van der Waals surface area contributed by atoms with Crippen molar-refractivity contribution in [2.75, 3.05) is 19.3 Å². The second kappa shape index (κ2) is 7.38. The summed E-state index contributed by atoms with van der Waals surface area (Å²) in [7, 11) is 2.25. The highest BCUT2D eigenvalue weighted by atomic mass is 32.2. The van der Waals surface area contributed by atoms with Gasteiger partial charge in [0, 0.05) is 16.7 Å². The molecule has 0 N–H and O–H groups in total. The highest BCUT2D eigenvalue weighted by Crippen LogP contribution is 2.23. The molecule has 21 heavy (non-hydrogen) atoms. The van der Waals surface area contributed by atoms with Crippen molar-refractivity contribution in [3.63, 3.8) is 0 Å². The monoisotopic (exact) mass is 323 g/mol. The number of likely N-dealkylation sites (tertiary alicyclic amines) is 1. The molecule has 3 heterocycles. The first-order valence-corrected chi connectivity index (χ1v) is 9.31. The Hall–Kier alpha value is -0.920. The van der Waals surface area contributed by atoms with Crippen molar-refractivity contribution in [2.24, 2.45) is 0 Å². The third kappa shape index (κ3) is 4.05. The molecule has 0 amide bonds. The molecule has 1 atom stereocenters. The molecule has 0 saturated carbocycles. The van der Waals surface area contributed by atoms with Crippen LogP contribution in [-0.4, -0.2) is 50.5 Å². The van der Waals surface area contributed by atoms with Crippen LogP contribution in [-0.2, 0) is 6.54 Å². The van der Waals surface area contributed by atoms with Gasteiger partial charge in [0.2, 0.25) is 5.16 Å². The normalized spacial score (nSPS) is 20.0. The van der Waals surface area contributed by atoms with Gasteiger partial charge in [0.15, 0.2) is 0 Å². The minimum absolute atomic E-state index is 0.730. The van der Waals surface area contributed by atoms with Gasteiger partial charge in [-0.25, -0.2) is 4.68 Å². The predicted octanol–water partition coefficient (Wildman–Crippen LogP) is 2.75. The summed E-state index contributed by atoms with van der Waals surface area (Å²) in [6, 6.07) is 4.92. The molecule has 1 fully saturated rings. The molecule has 0 bridgehead atoms. The van der Waals surface area contributed by atoms with Crippen LogP contribution in [0.25, 0.3) is 0 Å². The summed E-state index contributed by atoms with van der Waals surface area (Å²) >= 11 is 3.52. The Morgan fingerprint density at radius 2 is 2.38 bits per heavy atom. The van der Waals surface area contributed by atoms with E-state index in [-0.39, 0.29) is 0 Å². The lowest BCUT2D eigenvalue weighted by Gasteiger charge is -2.32. The van der Waals surface area contributed by atoms with E-state index in [0.717, 1.165) is 23.5 Å². The minimum atomic E-state index is 0.730. The van der Waals surface area contributed by atoms with E-state index in [0.29, 0.717) is 0 Å². The van der Waals surface area contributed by atoms with Gasteiger partial charge in [0.1, 0.15) is 0 Å². The van der Waals surface area contributed by atoms with E-state index in [2.05, 4.69) is 45.0 Å². The fraction of sp³-hybridized carbons (Fsp3) is 0.643. The molecule has 0 radical (unpaired) electrons. The van der Waals surface area contributed by atoms with Gasteiger partial charge in [-0.3, -0.25) is 0 Å². The summed E-state index contributed by atoms with van der Waals surface area (Å²) in [6.07, 6.45) is 5.26. The van der Waals surface area contributed by atoms with Gasteiger partial charge in [0.05, 0.1) is 6.54 Å². The molecular formula is C14H21N5S2. The molecule has 1 aliphatic rings. The third-order valence-electron chi connectivity index (χ3n) is 3.99. The number of hydrogen-bond acceptors (Lipinski definition) is 6. The molecular weight excluding hydrogens is 302 g/mol. The van der Waals surface area contributed by atoms with Gasteiger partial charge < -0.3 is 4.90 Å². The van der Waals surface area contributed by atoms with Gasteiger partial charge in [0.25, 0.3) is 0 Å². The molecule has 114 valence electrons. The zero-order valence-corrected chi connectivity index (χ0v) is 13.9. The summed E-state index contributed by atoms with van der Waals surface area (Å²) in [6.45, 7) is 2.02. The van der Waals surface area contributed by atoms with E-state index >= 15 is 0 Å². The first kappa shape index (κ1) is 15.0. The van der Waals surface area contributed by atoms with Crippen LogP contribution in [0.2, 0.25) is 0 Å². The smallest absolute Gasteiger partial charge is 0.209 e. The first-order valence-electron chi connectivity index (χ1n) is 7.44. The maximum absolute atomic E-state index is 4.15. The molecule has 0 aromatic carbocycles. The van der Waals surface area contributed by atoms with E-state index in [1.54, 1.807) is 23.1 Å². The van der Waals surface area contributed by atoms with Crippen LogP contribution in [0.5, 0.6) is 0 Å². The van der Waals surface area contributed by atoms with Crippen LogP contribution in [0.4, 0.5) is 0 Å². The number of tetrazole rings is 1. The maximum atomic E-state index is 4.15. The number of nitrogens with zero attached hydrogens (tertiary/aromatic N) is 5. The molecule has 5 nitrogen and oxygen atoms in total. The van der Waals surface area contributed by atoms with Crippen LogP contribution in [0, 0.1) is 0 Å². The molecule has 0 aliphatic carbocycles. The van der Waals surface area contributed by atoms with Crippen molar-refractivity contribution in [3.8, 4) is 0 Å². The fourth-order valence-electron chi connectivity index (χ4n) is 2.74. The van der Waals surface area contributed by atoms with Crippen molar-refractivity contribution in [3.05, 3.63) is 22.4 Å². The van der Waals surface area contributed by atoms with Crippen LogP contribution >= 0.6 is 23.1 Å². The van der Waals surface area contributed by atoms with E-state index in [9.17, 15) is 0 Å². The van der Waals surface area contributed by atoms with E-state index in [4.69, 9.17) is 0 Å². The predicted molar refractivity (Wildman–Crippen MR) is 86.8 cm³/mol. The Bertz CT molecular complexity index is 539. The van der Waals surface area contributed by atoms with Crippen LogP contribution in [0.15, 0.2) is 22.7 Å². The average molecular weight is 323 g/mol. The van der Waals surface area contributed by atoms with Crippen molar-refractivity contribution < 1.29 is 0 Å². The van der Waals surface area contributed by atoms with Gasteiger partial charge in [-0.15, -0.1) is 16.4 Å². The molecule has 1 saturated heterocycles. The van der Waals surface area contributed by atoms with Gasteiger partial charge in [-0.1, -0.05) is 24.2 Å². The topological polar surface area (TPSA) is 46.8 Å². The standard InChI is InChI=1S/C14H21N5S2/c1-18-8-3-2-5-12(18)7-10-21-14-15-16-17-19(14)11-13-6-4-9-20-13/h4,6,9,12H,2-3,5,7-8,10-11H2,1H3. The van der Waals surface area contributed by atoms with Gasteiger partial charge >= 0.3 is 0 Å². The van der Waals surface area contributed by atoms with Crippen molar-refractivity contribution in [2.45, 2.75) is 43.4 Å². The largest absolute Gasteiger partial charge is 0.303 e. The summed E-state index contributed by atoms with van der Waals surface area (Å²) in [5, 5.41) is 15.1. The second-order valence-corrected chi connectivity index (χ2v) is 7.56. The number of rotatable bonds is 6. The zero-order valence-electron chi connectivity index (χ0n) is 12.3. The molecule has 1 aliphatic heterocycles.